The average Bonchev–Trinajstić information content (AvgIpc) is 2.49. The molecule has 0 spiro atoms. The molecule has 0 unspecified atom stereocenters. The number of thioether (sulfide) groups is 1. The van der Waals surface area contributed by atoms with Gasteiger partial charge >= 0.3 is 0 Å². The first-order valence-electron chi connectivity index (χ1n) is 6.59. The maximum absolute atomic E-state index is 6.10. The van der Waals surface area contributed by atoms with Crippen LogP contribution in [0.1, 0.15) is 12.0 Å². The quantitative estimate of drug-likeness (QED) is 0.610. The first-order chi connectivity index (χ1) is 9.79. The van der Waals surface area contributed by atoms with Crippen molar-refractivity contribution in [2.24, 2.45) is 5.73 Å². The van der Waals surface area contributed by atoms with Crippen molar-refractivity contribution in [1.82, 2.24) is 0 Å². The van der Waals surface area contributed by atoms with Crippen LogP contribution in [0, 0.1) is 0 Å². The summed E-state index contributed by atoms with van der Waals surface area (Å²) < 4.78 is 5.71. The molecular formula is C16H18ClNOS. The van der Waals surface area contributed by atoms with E-state index in [4.69, 9.17) is 22.1 Å². The van der Waals surface area contributed by atoms with Gasteiger partial charge < -0.3 is 10.5 Å². The third kappa shape index (κ3) is 4.75. The van der Waals surface area contributed by atoms with E-state index in [0.717, 1.165) is 33.4 Å². The molecule has 0 radical (unpaired) electrons. The van der Waals surface area contributed by atoms with Crippen LogP contribution >= 0.6 is 23.4 Å². The summed E-state index contributed by atoms with van der Waals surface area (Å²) >= 11 is 7.86. The SMILES string of the molecule is NCc1cccc(OCCCSc2ccccc2Cl)c1. The molecule has 20 heavy (non-hydrogen) atoms. The summed E-state index contributed by atoms with van der Waals surface area (Å²) in [5.74, 6) is 1.87. The van der Waals surface area contributed by atoms with Crippen LogP contribution in [0.3, 0.4) is 0 Å². The van der Waals surface area contributed by atoms with Crippen molar-refractivity contribution in [2.45, 2.75) is 17.9 Å². The number of hydrogen-bond acceptors (Lipinski definition) is 3. The second-order valence-corrected chi connectivity index (χ2v) is 5.88. The second-order valence-electron chi connectivity index (χ2n) is 4.33. The Morgan fingerprint density at radius 3 is 2.75 bits per heavy atom. The van der Waals surface area contributed by atoms with Crippen LogP contribution in [0.15, 0.2) is 53.4 Å². The minimum atomic E-state index is 0.541. The van der Waals surface area contributed by atoms with Gasteiger partial charge in [-0.3, -0.25) is 0 Å². The Morgan fingerprint density at radius 2 is 1.95 bits per heavy atom. The van der Waals surface area contributed by atoms with Gasteiger partial charge in [0.05, 0.1) is 11.6 Å². The molecular weight excluding hydrogens is 290 g/mol. The zero-order valence-electron chi connectivity index (χ0n) is 11.2. The zero-order valence-corrected chi connectivity index (χ0v) is 12.8. The van der Waals surface area contributed by atoms with Crippen LogP contribution in [0.4, 0.5) is 0 Å². The van der Waals surface area contributed by atoms with Gasteiger partial charge in [0.15, 0.2) is 0 Å². The van der Waals surface area contributed by atoms with Crippen molar-refractivity contribution in [1.29, 1.82) is 0 Å². The Kier molecular flexibility index (Phi) is 6.25. The lowest BCUT2D eigenvalue weighted by molar-refractivity contribution is 0.318. The fraction of sp³-hybridized carbons (Fsp3) is 0.250. The first kappa shape index (κ1) is 15.2. The van der Waals surface area contributed by atoms with E-state index in [0.29, 0.717) is 13.2 Å². The van der Waals surface area contributed by atoms with Gasteiger partial charge in [-0.1, -0.05) is 35.9 Å². The largest absolute Gasteiger partial charge is 0.494 e. The monoisotopic (exact) mass is 307 g/mol. The summed E-state index contributed by atoms with van der Waals surface area (Å²) in [7, 11) is 0. The summed E-state index contributed by atoms with van der Waals surface area (Å²) in [6.07, 6.45) is 0.975. The Morgan fingerprint density at radius 1 is 1.10 bits per heavy atom. The van der Waals surface area contributed by atoms with Gasteiger partial charge in [-0.05, 0) is 36.2 Å². The lowest BCUT2D eigenvalue weighted by atomic mass is 10.2. The normalized spacial score (nSPS) is 10.5. The lowest BCUT2D eigenvalue weighted by Gasteiger charge is -2.08. The highest BCUT2D eigenvalue weighted by molar-refractivity contribution is 7.99. The number of rotatable bonds is 7. The minimum Gasteiger partial charge on any atom is -0.494 e. The third-order valence-electron chi connectivity index (χ3n) is 2.79. The number of ether oxygens (including phenoxy) is 1. The van der Waals surface area contributed by atoms with Gasteiger partial charge in [-0.2, -0.15) is 0 Å². The van der Waals surface area contributed by atoms with E-state index in [2.05, 4.69) is 0 Å². The second kappa shape index (κ2) is 8.20. The Hall–Kier alpha value is -1.16. The predicted octanol–water partition coefficient (Wildman–Crippen LogP) is 4.36. The topological polar surface area (TPSA) is 35.2 Å². The van der Waals surface area contributed by atoms with E-state index in [1.807, 2.05) is 48.5 Å². The van der Waals surface area contributed by atoms with Crippen molar-refractivity contribution >= 4 is 23.4 Å². The average molecular weight is 308 g/mol. The van der Waals surface area contributed by atoms with Gasteiger partial charge in [0.2, 0.25) is 0 Å². The summed E-state index contributed by atoms with van der Waals surface area (Å²) in [6.45, 7) is 1.24. The Bertz CT molecular complexity index is 548. The summed E-state index contributed by atoms with van der Waals surface area (Å²) in [5.41, 5.74) is 6.69. The van der Waals surface area contributed by atoms with Crippen molar-refractivity contribution in [3.8, 4) is 5.75 Å². The van der Waals surface area contributed by atoms with E-state index in [-0.39, 0.29) is 0 Å². The van der Waals surface area contributed by atoms with Crippen LogP contribution in [-0.2, 0) is 6.54 Å². The molecule has 106 valence electrons. The van der Waals surface area contributed by atoms with Gasteiger partial charge in [-0.25, -0.2) is 0 Å². The molecule has 0 amide bonds. The molecule has 0 saturated heterocycles. The van der Waals surface area contributed by atoms with Crippen LogP contribution in [-0.4, -0.2) is 12.4 Å². The van der Waals surface area contributed by atoms with Crippen LogP contribution in [0.25, 0.3) is 0 Å². The first-order valence-corrected chi connectivity index (χ1v) is 7.95. The molecule has 0 aliphatic carbocycles. The molecule has 2 aromatic rings. The molecule has 2 aromatic carbocycles. The number of nitrogens with two attached hydrogens (primary N) is 1. The molecule has 2 nitrogen and oxygen atoms in total. The number of halogens is 1. The molecule has 0 heterocycles. The van der Waals surface area contributed by atoms with Crippen LogP contribution in [0.2, 0.25) is 5.02 Å². The molecule has 0 atom stereocenters. The fourth-order valence-electron chi connectivity index (χ4n) is 1.76. The molecule has 4 heteroatoms. The van der Waals surface area contributed by atoms with Crippen molar-refractivity contribution in [3.05, 3.63) is 59.1 Å². The minimum absolute atomic E-state index is 0.541. The number of benzene rings is 2. The summed E-state index contributed by atoms with van der Waals surface area (Å²) in [5, 5.41) is 0.814. The lowest BCUT2D eigenvalue weighted by Crippen LogP contribution is -2.00. The molecule has 0 aliphatic rings. The highest BCUT2D eigenvalue weighted by atomic mass is 35.5. The maximum atomic E-state index is 6.10. The summed E-state index contributed by atoms with van der Waals surface area (Å²) in [6, 6.07) is 15.8. The van der Waals surface area contributed by atoms with E-state index < -0.39 is 0 Å². The predicted molar refractivity (Wildman–Crippen MR) is 86.6 cm³/mol. The van der Waals surface area contributed by atoms with Gasteiger partial charge in [0.25, 0.3) is 0 Å². The Labute approximate surface area is 129 Å². The van der Waals surface area contributed by atoms with Crippen LogP contribution < -0.4 is 10.5 Å². The molecule has 0 bridgehead atoms. The number of hydrogen-bond donors (Lipinski definition) is 1. The van der Waals surface area contributed by atoms with E-state index in [9.17, 15) is 0 Å². The van der Waals surface area contributed by atoms with Crippen molar-refractivity contribution < 1.29 is 4.74 Å². The molecule has 0 saturated carbocycles. The van der Waals surface area contributed by atoms with Crippen molar-refractivity contribution in [3.63, 3.8) is 0 Å². The van der Waals surface area contributed by atoms with E-state index in [1.54, 1.807) is 11.8 Å². The standard InChI is InChI=1S/C16H18ClNOS/c17-15-7-1-2-8-16(15)20-10-4-9-19-14-6-3-5-13(11-14)12-18/h1-3,5-8,11H,4,9-10,12,18H2. The smallest absolute Gasteiger partial charge is 0.119 e. The zero-order chi connectivity index (χ0) is 14.2. The van der Waals surface area contributed by atoms with E-state index >= 15 is 0 Å². The highest BCUT2D eigenvalue weighted by Gasteiger charge is 2.00. The van der Waals surface area contributed by atoms with Gasteiger partial charge in [0, 0.05) is 17.2 Å². The van der Waals surface area contributed by atoms with Crippen molar-refractivity contribution in [2.75, 3.05) is 12.4 Å². The van der Waals surface area contributed by atoms with Crippen LogP contribution in [0.5, 0.6) is 5.75 Å². The highest BCUT2D eigenvalue weighted by Crippen LogP contribution is 2.26. The molecule has 0 aromatic heterocycles. The van der Waals surface area contributed by atoms with Gasteiger partial charge in [-0.15, -0.1) is 11.8 Å². The molecule has 2 N–H and O–H groups in total. The summed E-state index contributed by atoms with van der Waals surface area (Å²) in [4.78, 5) is 1.12. The molecule has 0 fully saturated rings. The Balaban J connectivity index is 1.70. The fourth-order valence-corrected chi connectivity index (χ4v) is 2.92. The van der Waals surface area contributed by atoms with Gasteiger partial charge in [0.1, 0.15) is 5.75 Å². The molecule has 2 rings (SSSR count). The van der Waals surface area contributed by atoms with E-state index in [1.165, 1.54) is 0 Å². The maximum Gasteiger partial charge on any atom is 0.119 e. The molecule has 0 aliphatic heterocycles. The third-order valence-corrected chi connectivity index (χ3v) is 4.39.